The van der Waals surface area contributed by atoms with Gasteiger partial charge in [-0.05, 0) is 31.0 Å². The predicted molar refractivity (Wildman–Crippen MR) is 95.7 cm³/mol. The Labute approximate surface area is 142 Å². The van der Waals surface area contributed by atoms with Crippen LogP contribution in [-0.4, -0.2) is 33.4 Å². The Hall–Kier alpha value is -1.75. The van der Waals surface area contributed by atoms with E-state index in [9.17, 15) is 4.79 Å². The molecule has 0 N–H and O–H groups in total. The molecule has 1 amide bonds. The average Bonchev–Trinajstić information content (AvgIpc) is 2.99. The first-order chi connectivity index (χ1) is 11.2. The maximum absolute atomic E-state index is 12.6. The van der Waals surface area contributed by atoms with E-state index < -0.39 is 0 Å². The number of rotatable bonds is 8. The summed E-state index contributed by atoms with van der Waals surface area (Å²) in [5.74, 6) is 0.942. The van der Waals surface area contributed by atoms with Crippen LogP contribution in [0.2, 0.25) is 0 Å². The molecule has 2 rings (SSSR count). The molecule has 1 aromatic heterocycles. The number of hydrogen-bond donors (Lipinski definition) is 0. The van der Waals surface area contributed by atoms with Gasteiger partial charge in [0.2, 0.25) is 0 Å². The van der Waals surface area contributed by atoms with Crippen molar-refractivity contribution in [3.8, 4) is 0 Å². The number of hydrogen-bond acceptors (Lipinski definition) is 3. The van der Waals surface area contributed by atoms with Crippen molar-refractivity contribution in [3.63, 3.8) is 0 Å². The highest BCUT2D eigenvalue weighted by Gasteiger charge is 2.14. The molecular weight excluding hydrogens is 306 g/mol. The molecule has 0 saturated carbocycles. The molecule has 0 aliphatic carbocycles. The Balaban J connectivity index is 2.03. The molecule has 4 nitrogen and oxygen atoms in total. The smallest absolute Gasteiger partial charge is 0.253 e. The highest BCUT2D eigenvalue weighted by atomic mass is 32.2. The van der Waals surface area contributed by atoms with Crippen molar-refractivity contribution in [2.24, 2.45) is 7.05 Å². The van der Waals surface area contributed by atoms with Gasteiger partial charge in [-0.25, -0.2) is 4.98 Å². The Morgan fingerprint density at radius 3 is 2.83 bits per heavy atom. The monoisotopic (exact) mass is 331 g/mol. The lowest BCUT2D eigenvalue weighted by Gasteiger charge is -2.21. The molecule has 5 heteroatoms. The van der Waals surface area contributed by atoms with Crippen molar-refractivity contribution in [3.05, 3.63) is 47.8 Å². The Bertz CT molecular complexity index is 639. The van der Waals surface area contributed by atoms with E-state index in [0.717, 1.165) is 48.0 Å². The van der Waals surface area contributed by atoms with Gasteiger partial charge in [0.1, 0.15) is 0 Å². The predicted octanol–water partition coefficient (Wildman–Crippen LogP) is 3.97. The molecule has 23 heavy (non-hydrogen) atoms. The number of carbonyl (C=O) groups is 1. The molecule has 124 valence electrons. The molecule has 0 atom stereocenters. The van der Waals surface area contributed by atoms with Gasteiger partial charge in [0.25, 0.3) is 5.91 Å². The van der Waals surface area contributed by atoms with E-state index >= 15 is 0 Å². The fraction of sp³-hybridized carbons (Fsp3) is 0.444. The second kappa shape index (κ2) is 8.77. The van der Waals surface area contributed by atoms with Gasteiger partial charge in [-0.2, -0.15) is 0 Å². The third-order valence-corrected chi connectivity index (χ3v) is 4.90. The standard InChI is InChI=1S/C18H25N3OS/c1-4-6-11-21(5-2)17(22)16-9-7-8-15(13-16)14-23-18-19-10-12-20(18)3/h7-10,12-13H,4-6,11,14H2,1-3H3. The van der Waals surface area contributed by atoms with Crippen molar-refractivity contribution in [2.45, 2.75) is 37.6 Å². The number of amides is 1. The number of imidazole rings is 1. The van der Waals surface area contributed by atoms with Crippen LogP contribution in [0.4, 0.5) is 0 Å². The lowest BCUT2D eigenvalue weighted by molar-refractivity contribution is 0.0762. The minimum Gasteiger partial charge on any atom is -0.339 e. The van der Waals surface area contributed by atoms with Gasteiger partial charge >= 0.3 is 0 Å². The third-order valence-electron chi connectivity index (χ3n) is 3.77. The highest BCUT2D eigenvalue weighted by Crippen LogP contribution is 2.21. The number of thioether (sulfide) groups is 1. The molecule has 1 aromatic carbocycles. The molecule has 0 unspecified atom stereocenters. The summed E-state index contributed by atoms with van der Waals surface area (Å²) < 4.78 is 2.00. The molecule has 0 radical (unpaired) electrons. The number of nitrogens with zero attached hydrogens (tertiary/aromatic N) is 3. The largest absolute Gasteiger partial charge is 0.339 e. The van der Waals surface area contributed by atoms with Crippen LogP contribution in [0.5, 0.6) is 0 Å². The Morgan fingerprint density at radius 2 is 2.17 bits per heavy atom. The van der Waals surface area contributed by atoms with Gasteiger partial charge in [-0.1, -0.05) is 37.2 Å². The van der Waals surface area contributed by atoms with Gasteiger partial charge in [-0.3, -0.25) is 4.79 Å². The highest BCUT2D eigenvalue weighted by molar-refractivity contribution is 7.98. The molecular formula is C18H25N3OS. The van der Waals surface area contributed by atoms with Crippen LogP contribution in [0, 0.1) is 0 Å². The zero-order valence-corrected chi connectivity index (χ0v) is 15.0. The van der Waals surface area contributed by atoms with E-state index in [0.29, 0.717) is 0 Å². The van der Waals surface area contributed by atoms with E-state index in [4.69, 9.17) is 0 Å². The number of carbonyl (C=O) groups excluding carboxylic acids is 1. The number of unbranched alkanes of at least 4 members (excludes halogenated alkanes) is 1. The summed E-state index contributed by atoms with van der Waals surface area (Å²) in [7, 11) is 1.99. The summed E-state index contributed by atoms with van der Waals surface area (Å²) in [5, 5.41) is 0.986. The second-order valence-electron chi connectivity index (χ2n) is 5.55. The van der Waals surface area contributed by atoms with Crippen molar-refractivity contribution >= 4 is 17.7 Å². The van der Waals surface area contributed by atoms with Gasteiger partial charge < -0.3 is 9.47 Å². The van der Waals surface area contributed by atoms with E-state index in [2.05, 4.69) is 18.0 Å². The fourth-order valence-corrected chi connectivity index (χ4v) is 3.24. The van der Waals surface area contributed by atoms with Gasteiger partial charge in [0, 0.05) is 43.8 Å². The molecule has 0 bridgehead atoms. The number of benzene rings is 1. The summed E-state index contributed by atoms with van der Waals surface area (Å²) in [6.07, 6.45) is 5.89. The summed E-state index contributed by atoms with van der Waals surface area (Å²) >= 11 is 1.68. The second-order valence-corrected chi connectivity index (χ2v) is 6.49. The van der Waals surface area contributed by atoms with Crippen LogP contribution in [-0.2, 0) is 12.8 Å². The first-order valence-corrected chi connectivity index (χ1v) is 9.12. The van der Waals surface area contributed by atoms with Crippen LogP contribution >= 0.6 is 11.8 Å². The number of aryl methyl sites for hydroxylation is 1. The third kappa shape index (κ3) is 4.86. The van der Waals surface area contributed by atoms with Crippen LogP contribution in [0.3, 0.4) is 0 Å². The SMILES string of the molecule is CCCCN(CC)C(=O)c1cccc(CSc2nccn2C)c1. The van der Waals surface area contributed by atoms with Crippen LogP contribution in [0.1, 0.15) is 42.6 Å². The normalized spacial score (nSPS) is 10.7. The van der Waals surface area contributed by atoms with E-state index in [-0.39, 0.29) is 5.91 Å². The Morgan fingerprint density at radius 1 is 1.35 bits per heavy atom. The summed E-state index contributed by atoms with van der Waals surface area (Å²) in [4.78, 5) is 18.9. The van der Waals surface area contributed by atoms with Crippen molar-refractivity contribution in [2.75, 3.05) is 13.1 Å². The summed E-state index contributed by atoms with van der Waals surface area (Å²) in [6.45, 7) is 5.77. The fourth-order valence-electron chi connectivity index (χ4n) is 2.37. The van der Waals surface area contributed by atoms with Crippen LogP contribution in [0.25, 0.3) is 0 Å². The summed E-state index contributed by atoms with van der Waals surface area (Å²) in [5.41, 5.74) is 1.93. The minimum absolute atomic E-state index is 0.129. The lowest BCUT2D eigenvalue weighted by atomic mass is 10.1. The van der Waals surface area contributed by atoms with Crippen molar-refractivity contribution in [1.29, 1.82) is 0 Å². The van der Waals surface area contributed by atoms with Crippen LogP contribution in [0.15, 0.2) is 41.8 Å². The van der Waals surface area contributed by atoms with Gasteiger partial charge in [0.05, 0.1) is 0 Å². The molecule has 1 heterocycles. The quantitative estimate of drug-likeness (QED) is 0.687. The van der Waals surface area contributed by atoms with Crippen molar-refractivity contribution < 1.29 is 4.79 Å². The zero-order valence-electron chi connectivity index (χ0n) is 14.2. The maximum atomic E-state index is 12.6. The van der Waals surface area contributed by atoms with Crippen molar-refractivity contribution in [1.82, 2.24) is 14.5 Å². The molecule has 0 fully saturated rings. The lowest BCUT2D eigenvalue weighted by Crippen LogP contribution is -2.31. The van der Waals surface area contributed by atoms with E-state index in [1.165, 1.54) is 0 Å². The molecule has 0 aliphatic rings. The zero-order chi connectivity index (χ0) is 16.7. The van der Waals surface area contributed by atoms with Gasteiger partial charge in [-0.15, -0.1) is 0 Å². The Kier molecular flexibility index (Phi) is 6.71. The molecule has 0 spiro atoms. The van der Waals surface area contributed by atoms with Crippen LogP contribution < -0.4 is 0 Å². The minimum atomic E-state index is 0.129. The molecule has 2 aromatic rings. The first-order valence-electron chi connectivity index (χ1n) is 8.14. The average molecular weight is 331 g/mol. The van der Waals surface area contributed by atoms with Gasteiger partial charge in [0.15, 0.2) is 5.16 Å². The van der Waals surface area contributed by atoms with E-state index in [1.54, 1.807) is 18.0 Å². The molecule has 0 saturated heterocycles. The first kappa shape index (κ1) is 17.6. The van der Waals surface area contributed by atoms with E-state index in [1.807, 2.05) is 47.8 Å². The summed E-state index contributed by atoms with van der Waals surface area (Å²) in [6, 6.07) is 7.95. The topological polar surface area (TPSA) is 38.1 Å². The molecule has 0 aliphatic heterocycles. The maximum Gasteiger partial charge on any atom is 0.253 e. The number of aromatic nitrogens is 2.